The average Bonchev–Trinajstić information content (AvgIpc) is 3.39. The van der Waals surface area contributed by atoms with Crippen molar-refractivity contribution in [1.29, 1.82) is 0 Å². The minimum Gasteiger partial charge on any atom is -0.497 e. The zero-order chi connectivity index (χ0) is 19.5. The second kappa shape index (κ2) is 8.18. The van der Waals surface area contributed by atoms with Gasteiger partial charge in [-0.2, -0.15) is 4.98 Å². The van der Waals surface area contributed by atoms with E-state index < -0.39 is 0 Å². The number of rotatable bonds is 6. The summed E-state index contributed by atoms with van der Waals surface area (Å²) >= 11 is 6.31. The number of ether oxygens (including phenoxy) is 2. The van der Waals surface area contributed by atoms with Crippen LogP contribution in [0.4, 0.5) is 0 Å². The van der Waals surface area contributed by atoms with Crippen molar-refractivity contribution in [3.8, 4) is 22.9 Å². The second-order valence-corrected chi connectivity index (χ2v) is 6.84. The van der Waals surface area contributed by atoms with Crippen molar-refractivity contribution in [2.45, 2.75) is 25.4 Å². The summed E-state index contributed by atoms with van der Waals surface area (Å²) in [5.41, 5.74) is 8.43. The van der Waals surface area contributed by atoms with Crippen LogP contribution in [0.3, 0.4) is 0 Å². The topological polar surface area (TPSA) is 81.4 Å². The number of methoxy groups -OCH3 is 1. The summed E-state index contributed by atoms with van der Waals surface area (Å²) in [6, 6.07) is 13.4. The Morgan fingerprint density at radius 3 is 2.64 bits per heavy atom. The predicted octanol–water partition coefficient (Wildman–Crippen LogP) is 4.08. The van der Waals surface area contributed by atoms with Gasteiger partial charge in [0.1, 0.15) is 17.5 Å². The molecule has 1 aromatic heterocycles. The number of benzene rings is 2. The maximum Gasteiger partial charge on any atom is 0.245 e. The molecule has 2 heterocycles. The Bertz CT molecular complexity index is 945. The molecule has 1 aliphatic heterocycles. The molecule has 1 aliphatic rings. The Hall–Kier alpha value is -2.61. The quantitative estimate of drug-likeness (QED) is 0.645. The van der Waals surface area contributed by atoms with E-state index in [1.54, 1.807) is 7.11 Å². The van der Waals surface area contributed by atoms with Crippen LogP contribution in [0, 0.1) is 0 Å². The SMILES string of the molecule is CCOc1ccc(C2CC(c3nc(-c4ccc(OC)cc4)no3)NN2)cc1Cl. The molecule has 0 spiro atoms. The van der Waals surface area contributed by atoms with Crippen molar-refractivity contribution in [1.82, 2.24) is 21.0 Å². The van der Waals surface area contributed by atoms with Gasteiger partial charge in [0.2, 0.25) is 11.7 Å². The van der Waals surface area contributed by atoms with Crippen LogP contribution in [0.25, 0.3) is 11.4 Å². The number of hydrogen-bond acceptors (Lipinski definition) is 7. The van der Waals surface area contributed by atoms with Gasteiger partial charge in [0.15, 0.2) is 0 Å². The van der Waals surface area contributed by atoms with E-state index in [1.165, 1.54) is 0 Å². The second-order valence-electron chi connectivity index (χ2n) is 6.44. The van der Waals surface area contributed by atoms with Gasteiger partial charge in [-0.1, -0.05) is 22.8 Å². The standard InChI is InChI=1S/C20H21ClN4O3/c1-3-27-18-9-6-13(10-15(18)21)16-11-17(24-23-16)20-22-19(25-28-20)12-4-7-14(26-2)8-5-12/h4-10,16-17,23-24H,3,11H2,1-2H3. The van der Waals surface area contributed by atoms with Gasteiger partial charge in [-0.25, -0.2) is 10.9 Å². The highest BCUT2D eigenvalue weighted by molar-refractivity contribution is 6.32. The van der Waals surface area contributed by atoms with Gasteiger partial charge in [0.25, 0.3) is 0 Å². The molecule has 0 bridgehead atoms. The van der Waals surface area contributed by atoms with Crippen molar-refractivity contribution in [2.75, 3.05) is 13.7 Å². The van der Waals surface area contributed by atoms with Crippen LogP contribution >= 0.6 is 11.6 Å². The lowest BCUT2D eigenvalue weighted by atomic mass is 10.0. The zero-order valence-corrected chi connectivity index (χ0v) is 16.4. The number of hydrazine groups is 1. The Labute approximate surface area is 168 Å². The molecule has 8 heteroatoms. The highest BCUT2D eigenvalue weighted by Gasteiger charge is 2.30. The van der Waals surface area contributed by atoms with Crippen LogP contribution in [-0.4, -0.2) is 23.9 Å². The Morgan fingerprint density at radius 2 is 1.93 bits per heavy atom. The summed E-state index contributed by atoms with van der Waals surface area (Å²) < 4.78 is 16.1. The van der Waals surface area contributed by atoms with Gasteiger partial charge in [0, 0.05) is 11.6 Å². The molecule has 4 rings (SSSR count). The van der Waals surface area contributed by atoms with Gasteiger partial charge < -0.3 is 14.0 Å². The molecule has 0 radical (unpaired) electrons. The van der Waals surface area contributed by atoms with Crippen molar-refractivity contribution < 1.29 is 14.0 Å². The van der Waals surface area contributed by atoms with E-state index in [1.807, 2.05) is 49.4 Å². The van der Waals surface area contributed by atoms with Crippen molar-refractivity contribution in [3.63, 3.8) is 0 Å². The lowest BCUT2D eigenvalue weighted by Crippen LogP contribution is -2.26. The summed E-state index contributed by atoms with van der Waals surface area (Å²) in [7, 11) is 1.63. The molecular weight excluding hydrogens is 380 g/mol. The molecule has 0 amide bonds. The van der Waals surface area contributed by atoms with E-state index in [0.29, 0.717) is 29.1 Å². The molecular formula is C20H21ClN4O3. The smallest absolute Gasteiger partial charge is 0.245 e. The fourth-order valence-corrected chi connectivity index (χ4v) is 3.42. The third-order valence-electron chi connectivity index (χ3n) is 4.65. The maximum absolute atomic E-state index is 6.31. The van der Waals surface area contributed by atoms with Crippen LogP contribution in [0.2, 0.25) is 5.02 Å². The van der Waals surface area contributed by atoms with Gasteiger partial charge in [-0.05, 0) is 55.3 Å². The van der Waals surface area contributed by atoms with Crippen molar-refractivity contribution in [3.05, 3.63) is 58.9 Å². The molecule has 1 fully saturated rings. The fourth-order valence-electron chi connectivity index (χ4n) is 3.18. The van der Waals surface area contributed by atoms with Crippen molar-refractivity contribution in [2.24, 2.45) is 0 Å². The highest BCUT2D eigenvalue weighted by Crippen LogP contribution is 2.34. The number of halogens is 1. The maximum atomic E-state index is 6.31. The molecule has 0 saturated carbocycles. The van der Waals surface area contributed by atoms with E-state index in [4.69, 9.17) is 25.6 Å². The lowest BCUT2D eigenvalue weighted by Gasteiger charge is -2.12. The number of hydrogen-bond donors (Lipinski definition) is 2. The third kappa shape index (κ3) is 3.82. The van der Waals surface area contributed by atoms with Crippen LogP contribution < -0.4 is 20.3 Å². The average molecular weight is 401 g/mol. The van der Waals surface area contributed by atoms with E-state index in [-0.39, 0.29) is 12.1 Å². The van der Waals surface area contributed by atoms with Crippen LogP contribution in [0.5, 0.6) is 11.5 Å². The molecule has 2 aromatic carbocycles. The van der Waals surface area contributed by atoms with Crippen LogP contribution in [0.15, 0.2) is 47.0 Å². The van der Waals surface area contributed by atoms with E-state index in [0.717, 1.165) is 23.3 Å². The Balaban J connectivity index is 1.46. The summed E-state index contributed by atoms with van der Waals surface area (Å²) in [4.78, 5) is 4.53. The summed E-state index contributed by atoms with van der Waals surface area (Å²) in [6.07, 6.45) is 0.758. The fraction of sp³-hybridized carbons (Fsp3) is 0.300. The molecule has 2 atom stereocenters. The van der Waals surface area contributed by atoms with E-state index in [9.17, 15) is 0 Å². The van der Waals surface area contributed by atoms with Gasteiger partial charge in [0.05, 0.1) is 18.7 Å². The van der Waals surface area contributed by atoms with Gasteiger partial charge in [-0.15, -0.1) is 0 Å². The highest BCUT2D eigenvalue weighted by atomic mass is 35.5. The molecule has 0 aliphatic carbocycles. The zero-order valence-electron chi connectivity index (χ0n) is 15.6. The predicted molar refractivity (Wildman–Crippen MR) is 105 cm³/mol. The first-order chi connectivity index (χ1) is 13.7. The molecule has 7 nitrogen and oxygen atoms in total. The summed E-state index contributed by atoms with van der Waals surface area (Å²) in [5, 5.41) is 4.70. The normalized spacial score (nSPS) is 19.0. The minimum atomic E-state index is -0.0881. The summed E-state index contributed by atoms with van der Waals surface area (Å²) in [6.45, 7) is 2.51. The molecule has 2 N–H and O–H groups in total. The molecule has 146 valence electrons. The first-order valence-corrected chi connectivity index (χ1v) is 9.47. The largest absolute Gasteiger partial charge is 0.497 e. The summed E-state index contributed by atoms with van der Waals surface area (Å²) in [5.74, 6) is 2.56. The van der Waals surface area contributed by atoms with E-state index >= 15 is 0 Å². The minimum absolute atomic E-state index is 0.0783. The Kier molecular flexibility index (Phi) is 5.47. The monoisotopic (exact) mass is 400 g/mol. The molecule has 28 heavy (non-hydrogen) atoms. The number of nitrogens with one attached hydrogen (secondary N) is 2. The van der Waals surface area contributed by atoms with E-state index in [2.05, 4.69) is 21.0 Å². The van der Waals surface area contributed by atoms with Crippen LogP contribution in [-0.2, 0) is 0 Å². The van der Waals surface area contributed by atoms with Crippen molar-refractivity contribution >= 4 is 11.6 Å². The number of nitrogens with zero attached hydrogens (tertiary/aromatic N) is 2. The number of aromatic nitrogens is 2. The Morgan fingerprint density at radius 1 is 1.14 bits per heavy atom. The molecule has 3 aromatic rings. The van der Waals surface area contributed by atoms with Gasteiger partial charge in [-0.3, -0.25) is 0 Å². The first-order valence-electron chi connectivity index (χ1n) is 9.09. The molecule has 1 saturated heterocycles. The van der Waals surface area contributed by atoms with Crippen LogP contribution in [0.1, 0.15) is 36.9 Å². The third-order valence-corrected chi connectivity index (χ3v) is 4.94. The molecule has 2 unspecified atom stereocenters. The van der Waals surface area contributed by atoms with Gasteiger partial charge >= 0.3 is 0 Å². The lowest BCUT2D eigenvalue weighted by molar-refractivity contribution is 0.339. The first kappa shape index (κ1) is 18.7.